The zero-order valence-electron chi connectivity index (χ0n) is 16.8. The molecule has 1 amide bonds. The van der Waals surface area contributed by atoms with Gasteiger partial charge in [-0.1, -0.05) is 18.6 Å². The number of allylic oxidation sites excluding steroid dienone is 1. The third-order valence-corrected chi connectivity index (χ3v) is 6.87. The molecular formula is C21H31NO5. The van der Waals surface area contributed by atoms with Gasteiger partial charge in [-0.3, -0.25) is 14.4 Å². The van der Waals surface area contributed by atoms with Crippen LogP contribution < -0.4 is 0 Å². The Hall–Kier alpha value is -1.85. The average molecular weight is 377 g/mol. The Kier molecular flexibility index (Phi) is 5.63. The molecular weight excluding hydrogens is 346 g/mol. The van der Waals surface area contributed by atoms with Gasteiger partial charge in [-0.25, -0.2) is 0 Å². The van der Waals surface area contributed by atoms with E-state index in [-0.39, 0.29) is 35.2 Å². The molecule has 4 unspecified atom stereocenters. The summed E-state index contributed by atoms with van der Waals surface area (Å²) >= 11 is 0. The van der Waals surface area contributed by atoms with E-state index in [9.17, 15) is 14.4 Å². The molecule has 1 heterocycles. The first-order valence-electron chi connectivity index (χ1n) is 10.1. The summed E-state index contributed by atoms with van der Waals surface area (Å²) < 4.78 is 10.6. The summed E-state index contributed by atoms with van der Waals surface area (Å²) in [6, 6.07) is 0.156. The fourth-order valence-electron chi connectivity index (χ4n) is 5.57. The molecule has 0 spiro atoms. The highest BCUT2D eigenvalue weighted by Gasteiger charge is 2.55. The maximum atomic E-state index is 12.8. The minimum atomic E-state index is -0.496. The summed E-state index contributed by atoms with van der Waals surface area (Å²) in [6.45, 7) is 6.39. The number of rotatable bonds is 4. The van der Waals surface area contributed by atoms with Gasteiger partial charge in [0.15, 0.2) is 0 Å². The van der Waals surface area contributed by atoms with Crippen molar-refractivity contribution in [2.24, 2.45) is 23.2 Å². The first-order valence-corrected chi connectivity index (χ1v) is 10.1. The van der Waals surface area contributed by atoms with E-state index in [1.807, 2.05) is 11.9 Å². The Labute approximate surface area is 161 Å². The molecule has 6 nitrogen and oxygen atoms in total. The highest BCUT2D eigenvalue weighted by Crippen LogP contribution is 2.56. The number of carbonyl (C=O) groups excluding carboxylic acids is 3. The van der Waals surface area contributed by atoms with Crippen LogP contribution in [0.1, 0.15) is 52.9 Å². The molecule has 6 heteroatoms. The van der Waals surface area contributed by atoms with Gasteiger partial charge in [-0.15, -0.1) is 0 Å². The zero-order valence-corrected chi connectivity index (χ0v) is 16.8. The molecule has 0 radical (unpaired) electrons. The second-order valence-corrected chi connectivity index (χ2v) is 8.15. The number of esters is 2. The molecule has 0 N–H and O–H groups in total. The Morgan fingerprint density at radius 3 is 2.52 bits per heavy atom. The van der Waals surface area contributed by atoms with E-state index in [0.717, 1.165) is 19.3 Å². The van der Waals surface area contributed by atoms with Crippen molar-refractivity contribution in [3.8, 4) is 0 Å². The van der Waals surface area contributed by atoms with Crippen molar-refractivity contribution >= 4 is 17.8 Å². The van der Waals surface area contributed by atoms with Crippen LogP contribution in [0.15, 0.2) is 11.6 Å². The maximum Gasteiger partial charge on any atom is 0.310 e. The van der Waals surface area contributed by atoms with Crippen molar-refractivity contribution in [2.45, 2.75) is 58.9 Å². The third kappa shape index (κ3) is 3.27. The van der Waals surface area contributed by atoms with Crippen LogP contribution in [0.5, 0.6) is 0 Å². The lowest BCUT2D eigenvalue weighted by Crippen LogP contribution is -2.58. The lowest BCUT2D eigenvalue weighted by molar-refractivity contribution is -0.164. The molecule has 3 rings (SSSR count). The van der Waals surface area contributed by atoms with Crippen molar-refractivity contribution in [3.63, 3.8) is 0 Å². The average Bonchev–Trinajstić information content (AvgIpc) is 2.64. The van der Waals surface area contributed by atoms with Crippen molar-refractivity contribution in [2.75, 3.05) is 20.3 Å². The van der Waals surface area contributed by atoms with Crippen LogP contribution in [0.4, 0.5) is 0 Å². The predicted octanol–water partition coefficient (Wildman–Crippen LogP) is 2.71. The molecule has 1 saturated heterocycles. The normalized spacial score (nSPS) is 35.6. The van der Waals surface area contributed by atoms with Crippen LogP contribution in [0, 0.1) is 23.2 Å². The first kappa shape index (κ1) is 19.9. The fourth-order valence-corrected chi connectivity index (χ4v) is 5.57. The van der Waals surface area contributed by atoms with Crippen LogP contribution in [-0.4, -0.2) is 49.0 Å². The van der Waals surface area contributed by atoms with Crippen molar-refractivity contribution in [1.29, 1.82) is 0 Å². The highest BCUT2D eigenvalue weighted by atomic mass is 16.5. The van der Waals surface area contributed by atoms with Gasteiger partial charge in [0.2, 0.25) is 5.91 Å². The van der Waals surface area contributed by atoms with E-state index in [1.165, 1.54) is 5.57 Å². The number of carbonyl (C=O) groups is 3. The number of piperidine rings is 1. The Morgan fingerprint density at radius 2 is 1.85 bits per heavy atom. The van der Waals surface area contributed by atoms with Crippen molar-refractivity contribution < 1.29 is 23.9 Å². The smallest absolute Gasteiger partial charge is 0.310 e. The van der Waals surface area contributed by atoms with Gasteiger partial charge in [-0.2, -0.15) is 0 Å². The van der Waals surface area contributed by atoms with E-state index in [2.05, 4.69) is 13.0 Å². The van der Waals surface area contributed by atoms with Crippen molar-refractivity contribution in [1.82, 2.24) is 4.90 Å². The van der Waals surface area contributed by atoms with E-state index in [0.29, 0.717) is 26.1 Å². The summed E-state index contributed by atoms with van der Waals surface area (Å²) in [4.78, 5) is 39.4. The van der Waals surface area contributed by atoms with Crippen LogP contribution in [0.2, 0.25) is 0 Å². The molecule has 1 saturated carbocycles. The Balaban J connectivity index is 1.97. The van der Waals surface area contributed by atoms with E-state index in [1.54, 1.807) is 13.8 Å². The quantitative estimate of drug-likeness (QED) is 0.556. The molecule has 150 valence electrons. The standard InChI is InChI=1S/C21H31NO5/c1-5-26-19(24)14-7-9-15-13(18(14)20(25)27-6-2)8-10-16-21(15,3)12-11-17(23)22(16)4/h9,13-14,16,18H,5-8,10-12H2,1-4H3/t13?,14?,16?,18?,21-/m1/s1. The van der Waals surface area contributed by atoms with Crippen LogP contribution in [0.3, 0.4) is 0 Å². The predicted molar refractivity (Wildman–Crippen MR) is 99.6 cm³/mol. The monoisotopic (exact) mass is 377 g/mol. The van der Waals surface area contributed by atoms with Gasteiger partial charge in [0.25, 0.3) is 0 Å². The largest absolute Gasteiger partial charge is 0.466 e. The van der Waals surface area contributed by atoms with Crippen LogP contribution >= 0.6 is 0 Å². The summed E-state index contributed by atoms with van der Waals surface area (Å²) in [5.41, 5.74) is 1.09. The SMILES string of the molecule is CCOC(=O)C1CC=C2C(CCC3N(C)C(=O)CC[C@]23C)C1C(=O)OCC. The van der Waals surface area contributed by atoms with E-state index in [4.69, 9.17) is 9.47 Å². The minimum absolute atomic E-state index is 0.0185. The summed E-state index contributed by atoms with van der Waals surface area (Å²) in [6.07, 6.45) is 5.59. The van der Waals surface area contributed by atoms with E-state index < -0.39 is 11.8 Å². The lowest BCUT2D eigenvalue weighted by Gasteiger charge is -2.55. The molecule has 5 atom stereocenters. The van der Waals surface area contributed by atoms with E-state index >= 15 is 0 Å². The lowest BCUT2D eigenvalue weighted by atomic mass is 9.54. The van der Waals surface area contributed by atoms with Gasteiger partial charge >= 0.3 is 11.9 Å². The molecule has 3 aliphatic rings. The zero-order chi connectivity index (χ0) is 19.8. The number of hydrogen-bond acceptors (Lipinski definition) is 5. The number of hydrogen-bond donors (Lipinski definition) is 0. The molecule has 0 aromatic carbocycles. The van der Waals surface area contributed by atoms with Crippen molar-refractivity contribution in [3.05, 3.63) is 11.6 Å². The van der Waals surface area contributed by atoms with Gasteiger partial charge in [0.1, 0.15) is 0 Å². The summed E-state index contributed by atoms with van der Waals surface area (Å²) in [7, 11) is 1.89. The van der Waals surface area contributed by atoms with Gasteiger partial charge in [0, 0.05) is 24.9 Å². The van der Waals surface area contributed by atoms with Crippen LogP contribution in [-0.2, 0) is 23.9 Å². The van der Waals surface area contributed by atoms with Crippen LogP contribution in [0.25, 0.3) is 0 Å². The number of amides is 1. The topological polar surface area (TPSA) is 72.9 Å². The molecule has 1 aliphatic heterocycles. The molecule has 0 aromatic rings. The van der Waals surface area contributed by atoms with Gasteiger partial charge in [-0.05, 0) is 45.4 Å². The fraction of sp³-hybridized carbons (Fsp3) is 0.762. The second-order valence-electron chi connectivity index (χ2n) is 8.15. The molecule has 2 fully saturated rings. The minimum Gasteiger partial charge on any atom is -0.466 e. The van der Waals surface area contributed by atoms with Gasteiger partial charge < -0.3 is 14.4 Å². The second kappa shape index (κ2) is 7.64. The highest BCUT2D eigenvalue weighted by molar-refractivity contribution is 5.84. The number of ether oxygens (including phenoxy) is 2. The molecule has 0 bridgehead atoms. The summed E-state index contributed by atoms with van der Waals surface area (Å²) in [5.74, 6) is -1.41. The Morgan fingerprint density at radius 1 is 1.19 bits per heavy atom. The maximum absolute atomic E-state index is 12.8. The third-order valence-electron chi connectivity index (χ3n) is 6.87. The molecule has 0 aromatic heterocycles. The number of nitrogens with zero attached hydrogens (tertiary/aromatic N) is 1. The Bertz CT molecular complexity index is 657. The first-order chi connectivity index (χ1) is 12.8. The summed E-state index contributed by atoms with van der Waals surface area (Å²) in [5, 5.41) is 0. The number of fused-ring (bicyclic) bond motifs is 3. The molecule has 27 heavy (non-hydrogen) atoms. The number of likely N-dealkylation sites (tertiary alicyclic amines) is 1. The molecule has 2 aliphatic carbocycles. The van der Waals surface area contributed by atoms with Gasteiger partial charge in [0.05, 0.1) is 25.0 Å².